The minimum atomic E-state index is 0.927. The Morgan fingerprint density at radius 2 is 2.00 bits per heavy atom. The molecular weight excluding hydrogens is 244 g/mol. The molecule has 1 aliphatic heterocycles. The summed E-state index contributed by atoms with van der Waals surface area (Å²) >= 11 is 0. The van der Waals surface area contributed by atoms with Crippen molar-refractivity contribution in [2.45, 2.75) is 32.6 Å². The van der Waals surface area contributed by atoms with Crippen LogP contribution in [0.25, 0.3) is 10.9 Å². The van der Waals surface area contributed by atoms with Crippen LogP contribution in [0.5, 0.6) is 0 Å². The molecule has 3 rings (SSSR count). The van der Waals surface area contributed by atoms with Crippen LogP contribution in [0.4, 0.5) is 0 Å². The molecule has 1 fully saturated rings. The van der Waals surface area contributed by atoms with Gasteiger partial charge in [-0.1, -0.05) is 25.1 Å². The standard InChI is InChI=1S/C18H24N2/c1-15-8-11-20(12-9-15)10-4-5-16-13-17-6-2-3-7-18(17)19-14-16/h2-3,6-7,13-15H,4-5,8-12H2,1H3. The number of aromatic nitrogens is 1. The Morgan fingerprint density at radius 1 is 1.20 bits per heavy atom. The lowest BCUT2D eigenvalue weighted by molar-refractivity contribution is 0.191. The van der Waals surface area contributed by atoms with E-state index >= 15 is 0 Å². The summed E-state index contributed by atoms with van der Waals surface area (Å²) in [5.74, 6) is 0.927. The van der Waals surface area contributed by atoms with Gasteiger partial charge in [-0.3, -0.25) is 4.98 Å². The zero-order valence-electron chi connectivity index (χ0n) is 12.4. The molecule has 0 atom stereocenters. The van der Waals surface area contributed by atoms with Gasteiger partial charge in [0, 0.05) is 11.6 Å². The molecule has 0 saturated carbocycles. The largest absolute Gasteiger partial charge is 0.303 e. The number of nitrogens with zero attached hydrogens (tertiary/aromatic N) is 2. The number of hydrogen-bond acceptors (Lipinski definition) is 2. The summed E-state index contributed by atoms with van der Waals surface area (Å²) in [6, 6.07) is 10.7. The molecule has 0 aliphatic carbocycles. The number of likely N-dealkylation sites (tertiary alicyclic amines) is 1. The molecule has 2 heterocycles. The monoisotopic (exact) mass is 268 g/mol. The maximum absolute atomic E-state index is 4.54. The van der Waals surface area contributed by atoms with Crippen molar-refractivity contribution in [3.63, 3.8) is 0 Å². The highest BCUT2D eigenvalue weighted by Gasteiger charge is 2.14. The summed E-state index contributed by atoms with van der Waals surface area (Å²) in [7, 11) is 0. The normalized spacial score (nSPS) is 17.6. The first-order valence-corrected chi connectivity index (χ1v) is 7.87. The van der Waals surface area contributed by atoms with Crippen LogP contribution in [0, 0.1) is 5.92 Å². The van der Waals surface area contributed by atoms with Crippen LogP contribution in [0.15, 0.2) is 36.5 Å². The fourth-order valence-corrected chi connectivity index (χ4v) is 3.05. The van der Waals surface area contributed by atoms with Crippen molar-refractivity contribution < 1.29 is 0 Å². The number of hydrogen-bond donors (Lipinski definition) is 0. The molecule has 2 nitrogen and oxygen atoms in total. The number of para-hydroxylation sites is 1. The number of rotatable bonds is 4. The average Bonchev–Trinajstić information content (AvgIpc) is 2.49. The topological polar surface area (TPSA) is 16.1 Å². The second-order valence-electron chi connectivity index (χ2n) is 6.16. The van der Waals surface area contributed by atoms with Crippen molar-refractivity contribution >= 4 is 10.9 Å². The summed E-state index contributed by atoms with van der Waals surface area (Å²) in [6.07, 6.45) is 7.17. The lowest BCUT2D eigenvalue weighted by Gasteiger charge is -2.30. The fourth-order valence-electron chi connectivity index (χ4n) is 3.05. The Bertz CT molecular complexity index is 556. The van der Waals surface area contributed by atoms with Crippen molar-refractivity contribution in [2.24, 2.45) is 5.92 Å². The van der Waals surface area contributed by atoms with E-state index in [9.17, 15) is 0 Å². The summed E-state index contributed by atoms with van der Waals surface area (Å²) in [5.41, 5.74) is 2.47. The lowest BCUT2D eigenvalue weighted by Crippen LogP contribution is -2.33. The van der Waals surface area contributed by atoms with Gasteiger partial charge >= 0.3 is 0 Å². The molecule has 0 bridgehead atoms. The van der Waals surface area contributed by atoms with E-state index in [1.807, 2.05) is 12.3 Å². The highest BCUT2D eigenvalue weighted by atomic mass is 15.1. The molecule has 20 heavy (non-hydrogen) atoms. The highest BCUT2D eigenvalue weighted by Crippen LogP contribution is 2.17. The van der Waals surface area contributed by atoms with Gasteiger partial charge in [0.15, 0.2) is 0 Å². The summed E-state index contributed by atoms with van der Waals surface area (Å²) in [4.78, 5) is 7.16. The van der Waals surface area contributed by atoms with E-state index in [-0.39, 0.29) is 0 Å². The van der Waals surface area contributed by atoms with Gasteiger partial charge in [-0.15, -0.1) is 0 Å². The molecule has 2 aromatic rings. The number of benzene rings is 1. The Hall–Kier alpha value is -1.41. The molecule has 0 radical (unpaired) electrons. The predicted molar refractivity (Wildman–Crippen MR) is 84.9 cm³/mol. The van der Waals surface area contributed by atoms with Crippen LogP contribution in [-0.4, -0.2) is 29.5 Å². The van der Waals surface area contributed by atoms with E-state index in [4.69, 9.17) is 0 Å². The van der Waals surface area contributed by atoms with Crippen LogP contribution in [0.2, 0.25) is 0 Å². The van der Waals surface area contributed by atoms with Gasteiger partial charge in [0.1, 0.15) is 0 Å². The van der Waals surface area contributed by atoms with Gasteiger partial charge in [0.05, 0.1) is 5.52 Å². The quantitative estimate of drug-likeness (QED) is 0.836. The third-order valence-electron chi connectivity index (χ3n) is 4.46. The molecule has 1 saturated heterocycles. The Kier molecular flexibility index (Phi) is 4.31. The summed E-state index contributed by atoms with van der Waals surface area (Å²) in [6.45, 7) is 6.19. The van der Waals surface area contributed by atoms with Gasteiger partial charge in [-0.2, -0.15) is 0 Å². The van der Waals surface area contributed by atoms with Gasteiger partial charge in [-0.25, -0.2) is 0 Å². The first kappa shape index (κ1) is 13.6. The second kappa shape index (κ2) is 6.36. The second-order valence-corrected chi connectivity index (χ2v) is 6.16. The maximum Gasteiger partial charge on any atom is 0.0702 e. The molecule has 2 heteroatoms. The van der Waals surface area contributed by atoms with Crippen LogP contribution >= 0.6 is 0 Å². The Balaban J connectivity index is 1.52. The minimum absolute atomic E-state index is 0.927. The molecular formula is C18H24N2. The molecule has 0 amide bonds. The minimum Gasteiger partial charge on any atom is -0.303 e. The zero-order valence-corrected chi connectivity index (χ0v) is 12.4. The smallest absolute Gasteiger partial charge is 0.0702 e. The van der Waals surface area contributed by atoms with Gasteiger partial charge in [0.2, 0.25) is 0 Å². The zero-order chi connectivity index (χ0) is 13.8. The van der Waals surface area contributed by atoms with Gasteiger partial charge in [0.25, 0.3) is 0 Å². The molecule has 1 aromatic carbocycles. The van der Waals surface area contributed by atoms with Gasteiger partial charge < -0.3 is 4.90 Å². The number of pyridine rings is 1. The molecule has 106 valence electrons. The van der Waals surface area contributed by atoms with Crippen molar-refractivity contribution in [1.29, 1.82) is 0 Å². The van der Waals surface area contributed by atoms with Crippen LogP contribution < -0.4 is 0 Å². The highest BCUT2D eigenvalue weighted by molar-refractivity contribution is 5.78. The average molecular weight is 268 g/mol. The van der Waals surface area contributed by atoms with E-state index in [0.717, 1.165) is 17.9 Å². The van der Waals surface area contributed by atoms with E-state index in [1.54, 1.807) is 0 Å². The summed E-state index contributed by atoms with van der Waals surface area (Å²) in [5, 5.41) is 1.26. The molecule has 0 N–H and O–H groups in total. The SMILES string of the molecule is CC1CCN(CCCc2cnc3ccccc3c2)CC1. The number of piperidine rings is 1. The fraction of sp³-hybridized carbons (Fsp3) is 0.500. The predicted octanol–water partition coefficient (Wildman–Crippen LogP) is 3.90. The molecule has 0 spiro atoms. The van der Waals surface area contributed by atoms with Crippen molar-refractivity contribution in [3.8, 4) is 0 Å². The van der Waals surface area contributed by atoms with Crippen LogP contribution in [0.1, 0.15) is 31.7 Å². The first-order chi connectivity index (χ1) is 9.81. The van der Waals surface area contributed by atoms with Crippen molar-refractivity contribution in [2.75, 3.05) is 19.6 Å². The molecule has 1 aliphatic rings. The lowest BCUT2D eigenvalue weighted by atomic mass is 9.99. The van der Waals surface area contributed by atoms with E-state index in [1.165, 1.54) is 49.8 Å². The Labute approximate surface area is 121 Å². The summed E-state index contributed by atoms with van der Waals surface area (Å²) < 4.78 is 0. The van der Waals surface area contributed by atoms with E-state index in [2.05, 4.69) is 41.1 Å². The van der Waals surface area contributed by atoms with Crippen LogP contribution in [-0.2, 0) is 6.42 Å². The van der Waals surface area contributed by atoms with E-state index < -0.39 is 0 Å². The van der Waals surface area contributed by atoms with Crippen molar-refractivity contribution in [1.82, 2.24) is 9.88 Å². The maximum atomic E-state index is 4.54. The van der Waals surface area contributed by atoms with Crippen LogP contribution in [0.3, 0.4) is 0 Å². The first-order valence-electron chi connectivity index (χ1n) is 7.87. The third-order valence-corrected chi connectivity index (χ3v) is 4.46. The molecule has 1 aromatic heterocycles. The Morgan fingerprint density at radius 3 is 2.85 bits per heavy atom. The van der Waals surface area contributed by atoms with Crippen molar-refractivity contribution in [3.05, 3.63) is 42.1 Å². The van der Waals surface area contributed by atoms with Gasteiger partial charge in [-0.05, 0) is 68.9 Å². The van der Waals surface area contributed by atoms with E-state index in [0.29, 0.717) is 0 Å². The molecule has 0 unspecified atom stereocenters. The number of fused-ring (bicyclic) bond motifs is 1. The number of aryl methyl sites for hydroxylation is 1. The third kappa shape index (κ3) is 3.37.